The van der Waals surface area contributed by atoms with Gasteiger partial charge in [-0.3, -0.25) is 14.5 Å². The van der Waals surface area contributed by atoms with Gasteiger partial charge in [0.2, 0.25) is 0 Å². The summed E-state index contributed by atoms with van der Waals surface area (Å²) in [7, 11) is 0. The second kappa shape index (κ2) is 5.61. The number of nitrogens with one attached hydrogen (secondary N) is 1. The molecule has 0 saturated carbocycles. The Kier molecular flexibility index (Phi) is 3.60. The molecule has 3 rings (SSSR count). The molecule has 1 aromatic carbocycles. The number of hydrogen-bond donors (Lipinski definition) is 3. The molecule has 2 amide bonds. The van der Waals surface area contributed by atoms with Gasteiger partial charge in [0.05, 0.1) is 23.0 Å². The molecule has 2 heterocycles. The van der Waals surface area contributed by atoms with Crippen LogP contribution in [0.4, 0.5) is 0 Å². The second-order valence-corrected chi connectivity index (χ2v) is 5.18. The van der Waals surface area contributed by atoms with E-state index in [-0.39, 0.29) is 23.1 Å². The van der Waals surface area contributed by atoms with E-state index < -0.39 is 29.8 Å². The van der Waals surface area contributed by atoms with Crippen LogP contribution in [-0.4, -0.2) is 54.9 Å². The number of carboxylic acids is 2. The van der Waals surface area contributed by atoms with E-state index in [2.05, 4.69) is 9.97 Å². The van der Waals surface area contributed by atoms with Crippen molar-refractivity contribution in [1.82, 2.24) is 14.9 Å². The minimum atomic E-state index is -1.42. The first kappa shape index (κ1) is 15.4. The Morgan fingerprint density at radius 3 is 2.46 bits per heavy atom. The van der Waals surface area contributed by atoms with Crippen LogP contribution in [0, 0.1) is 0 Å². The summed E-state index contributed by atoms with van der Waals surface area (Å²) in [6.07, 6.45) is 2.62. The molecule has 1 atom stereocenters. The zero-order valence-electron chi connectivity index (χ0n) is 12.1. The number of aromatic carboxylic acids is 1. The van der Waals surface area contributed by atoms with Crippen molar-refractivity contribution >= 4 is 23.8 Å². The maximum Gasteiger partial charge on any atom is 0.335 e. The maximum atomic E-state index is 12.5. The smallest absolute Gasteiger partial charge is 0.335 e. The van der Waals surface area contributed by atoms with Gasteiger partial charge in [-0.05, 0) is 18.2 Å². The van der Waals surface area contributed by atoms with E-state index >= 15 is 0 Å². The third kappa shape index (κ3) is 2.41. The number of nitrogens with zero attached hydrogens (tertiary/aromatic N) is 2. The molecule has 0 saturated heterocycles. The van der Waals surface area contributed by atoms with Gasteiger partial charge in [-0.2, -0.15) is 0 Å². The molecule has 2 aromatic rings. The fourth-order valence-electron chi connectivity index (χ4n) is 2.57. The number of H-pyrrole nitrogens is 1. The normalized spacial score (nSPS) is 14.6. The first-order valence-corrected chi connectivity index (χ1v) is 6.85. The molecule has 0 bridgehead atoms. The molecule has 122 valence electrons. The maximum absolute atomic E-state index is 12.5. The van der Waals surface area contributed by atoms with Crippen LogP contribution in [0.2, 0.25) is 0 Å². The lowest BCUT2D eigenvalue weighted by Gasteiger charge is -2.21. The molecular weight excluding hydrogens is 318 g/mol. The van der Waals surface area contributed by atoms with Crippen LogP contribution in [0.15, 0.2) is 30.7 Å². The zero-order valence-corrected chi connectivity index (χ0v) is 12.1. The molecule has 9 nitrogen and oxygen atoms in total. The molecule has 0 aliphatic carbocycles. The lowest BCUT2D eigenvalue weighted by molar-refractivity contribution is -0.141. The van der Waals surface area contributed by atoms with Crippen molar-refractivity contribution in [3.05, 3.63) is 53.1 Å². The lowest BCUT2D eigenvalue weighted by Crippen LogP contribution is -2.46. The van der Waals surface area contributed by atoms with Gasteiger partial charge in [0.25, 0.3) is 11.8 Å². The highest BCUT2D eigenvalue weighted by Crippen LogP contribution is 2.27. The first-order chi connectivity index (χ1) is 11.4. The van der Waals surface area contributed by atoms with Gasteiger partial charge >= 0.3 is 11.9 Å². The number of amides is 2. The summed E-state index contributed by atoms with van der Waals surface area (Å²) < 4.78 is 0. The van der Waals surface area contributed by atoms with E-state index in [0.29, 0.717) is 10.6 Å². The Labute approximate surface area is 134 Å². The highest BCUT2D eigenvalue weighted by molar-refractivity contribution is 6.23. The van der Waals surface area contributed by atoms with Crippen molar-refractivity contribution < 1.29 is 29.4 Å². The number of hydrogen-bond acceptors (Lipinski definition) is 5. The molecule has 0 radical (unpaired) electrons. The highest BCUT2D eigenvalue weighted by Gasteiger charge is 2.43. The summed E-state index contributed by atoms with van der Waals surface area (Å²) in [4.78, 5) is 54.6. The van der Waals surface area contributed by atoms with Gasteiger partial charge in [0, 0.05) is 18.3 Å². The van der Waals surface area contributed by atoms with Crippen LogP contribution < -0.4 is 0 Å². The lowest BCUT2D eigenvalue weighted by atomic mass is 10.1. The van der Waals surface area contributed by atoms with Gasteiger partial charge in [-0.15, -0.1) is 0 Å². The van der Waals surface area contributed by atoms with Crippen LogP contribution in [-0.2, 0) is 11.2 Å². The number of carbonyl (C=O) groups is 4. The van der Waals surface area contributed by atoms with Gasteiger partial charge in [0.15, 0.2) is 0 Å². The van der Waals surface area contributed by atoms with Crippen LogP contribution in [0.5, 0.6) is 0 Å². The van der Waals surface area contributed by atoms with E-state index in [4.69, 9.17) is 5.11 Å². The van der Waals surface area contributed by atoms with E-state index in [1.54, 1.807) is 0 Å². The molecule has 1 aliphatic heterocycles. The number of benzene rings is 1. The Morgan fingerprint density at radius 2 is 1.88 bits per heavy atom. The predicted octanol–water partition coefficient (Wildman–Crippen LogP) is 0.400. The van der Waals surface area contributed by atoms with Crippen molar-refractivity contribution in [2.45, 2.75) is 12.5 Å². The topological polar surface area (TPSA) is 141 Å². The Bertz CT molecular complexity index is 858. The average molecular weight is 329 g/mol. The van der Waals surface area contributed by atoms with Crippen LogP contribution in [0.25, 0.3) is 0 Å². The average Bonchev–Trinajstić information content (AvgIpc) is 3.13. The molecule has 0 unspecified atom stereocenters. The van der Waals surface area contributed by atoms with E-state index in [9.17, 15) is 24.3 Å². The standard InChI is InChI=1S/C15H11N3O6/c19-12-9-2-1-7(14(21)22)3-10(9)13(20)18(12)11(15(23)24)4-8-5-16-6-17-8/h1-3,5-6,11H,4H2,(H,16,17)(H,21,22)(H,23,24)/t11-/m0/s1. The number of aromatic amines is 1. The third-order valence-electron chi connectivity index (χ3n) is 3.73. The van der Waals surface area contributed by atoms with Crippen LogP contribution in [0.3, 0.4) is 0 Å². The molecule has 24 heavy (non-hydrogen) atoms. The first-order valence-electron chi connectivity index (χ1n) is 6.85. The van der Waals surface area contributed by atoms with Gasteiger partial charge in [-0.25, -0.2) is 14.6 Å². The van der Waals surface area contributed by atoms with E-state index in [0.717, 1.165) is 6.07 Å². The summed E-state index contributed by atoms with van der Waals surface area (Å²) >= 11 is 0. The largest absolute Gasteiger partial charge is 0.480 e. The predicted molar refractivity (Wildman–Crippen MR) is 77.6 cm³/mol. The Morgan fingerprint density at radius 1 is 1.17 bits per heavy atom. The highest BCUT2D eigenvalue weighted by atomic mass is 16.4. The molecular formula is C15H11N3O6. The minimum Gasteiger partial charge on any atom is -0.480 e. The SMILES string of the molecule is O=C(O)c1ccc2c(c1)C(=O)N([C@@H](Cc1cnc[nH]1)C(=O)O)C2=O. The minimum absolute atomic E-state index is 0.0131. The van der Waals surface area contributed by atoms with Gasteiger partial charge in [0.1, 0.15) is 6.04 Å². The summed E-state index contributed by atoms with van der Waals surface area (Å²) in [5.74, 6) is -4.19. The molecule has 9 heteroatoms. The van der Waals surface area contributed by atoms with Crippen LogP contribution in [0.1, 0.15) is 36.8 Å². The fourth-order valence-corrected chi connectivity index (χ4v) is 2.57. The zero-order chi connectivity index (χ0) is 17.4. The van der Waals surface area contributed by atoms with Crippen molar-refractivity contribution in [1.29, 1.82) is 0 Å². The fraction of sp³-hybridized carbons (Fsp3) is 0.133. The number of imidazole rings is 1. The molecule has 1 aliphatic rings. The monoisotopic (exact) mass is 329 g/mol. The van der Waals surface area contributed by atoms with E-state index in [1.807, 2.05) is 0 Å². The van der Waals surface area contributed by atoms with Crippen LogP contribution >= 0.6 is 0 Å². The number of imide groups is 1. The Balaban J connectivity index is 1.99. The summed E-state index contributed by atoms with van der Waals surface area (Å²) in [6, 6.07) is 2.06. The Hall–Kier alpha value is -3.49. The number of carboxylic acid groups (broad SMARTS) is 2. The van der Waals surface area contributed by atoms with Crippen molar-refractivity contribution in [3.8, 4) is 0 Å². The van der Waals surface area contributed by atoms with Crippen molar-refractivity contribution in [2.24, 2.45) is 0 Å². The quantitative estimate of drug-likeness (QED) is 0.674. The second-order valence-electron chi connectivity index (χ2n) is 5.18. The molecule has 0 spiro atoms. The molecule has 0 fully saturated rings. The summed E-state index contributed by atoms with van der Waals surface area (Å²) in [5, 5.41) is 18.4. The third-order valence-corrected chi connectivity index (χ3v) is 3.73. The summed E-state index contributed by atoms with van der Waals surface area (Å²) in [6.45, 7) is 0. The van der Waals surface area contributed by atoms with Crippen molar-refractivity contribution in [3.63, 3.8) is 0 Å². The summed E-state index contributed by atoms with van der Waals surface area (Å²) in [5.41, 5.74) is 0.166. The number of aromatic nitrogens is 2. The number of aliphatic carboxylic acids is 1. The number of fused-ring (bicyclic) bond motifs is 1. The molecule has 3 N–H and O–H groups in total. The van der Waals surface area contributed by atoms with Crippen molar-refractivity contribution in [2.75, 3.05) is 0 Å². The molecule has 1 aromatic heterocycles. The van der Waals surface area contributed by atoms with Gasteiger partial charge < -0.3 is 15.2 Å². The van der Waals surface area contributed by atoms with E-state index in [1.165, 1.54) is 24.7 Å². The van der Waals surface area contributed by atoms with Gasteiger partial charge in [-0.1, -0.05) is 0 Å². The number of rotatable bonds is 5. The number of carbonyl (C=O) groups excluding carboxylic acids is 2.